The molecule has 3 rings (SSSR count). The summed E-state index contributed by atoms with van der Waals surface area (Å²) in [5.74, 6) is 2.55. The lowest BCUT2D eigenvalue weighted by Crippen LogP contribution is -2.40. The van der Waals surface area contributed by atoms with Crippen molar-refractivity contribution < 1.29 is 4.74 Å². The van der Waals surface area contributed by atoms with Crippen LogP contribution in [0.25, 0.3) is 0 Å². The molecule has 4 heteroatoms. The van der Waals surface area contributed by atoms with Gasteiger partial charge in [0.2, 0.25) is 5.88 Å². The summed E-state index contributed by atoms with van der Waals surface area (Å²) in [5, 5.41) is 3.66. The number of piperidine rings is 1. The van der Waals surface area contributed by atoms with Gasteiger partial charge in [-0.05, 0) is 51.1 Å². The van der Waals surface area contributed by atoms with E-state index in [1.807, 2.05) is 19.1 Å². The molecule has 20 heavy (non-hydrogen) atoms. The highest BCUT2D eigenvalue weighted by Crippen LogP contribution is 2.24. The number of anilines is 1. The lowest BCUT2D eigenvalue weighted by Gasteiger charge is -2.33. The van der Waals surface area contributed by atoms with Crippen LogP contribution in [-0.2, 0) is 0 Å². The zero-order valence-corrected chi connectivity index (χ0v) is 12.3. The monoisotopic (exact) mass is 275 g/mol. The van der Waals surface area contributed by atoms with Crippen molar-refractivity contribution in [2.45, 2.75) is 38.6 Å². The summed E-state index contributed by atoms with van der Waals surface area (Å²) in [6, 6.07) is 6.88. The van der Waals surface area contributed by atoms with Crippen molar-refractivity contribution in [2.75, 3.05) is 31.1 Å². The molecule has 0 aromatic carbocycles. The third-order valence-electron chi connectivity index (χ3n) is 4.12. The average molecular weight is 275 g/mol. The number of pyridine rings is 1. The molecule has 0 amide bonds. The highest BCUT2D eigenvalue weighted by Gasteiger charge is 2.25. The van der Waals surface area contributed by atoms with Gasteiger partial charge >= 0.3 is 0 Å². The number of rotatable bonds is 6. The molecular formula is C16H25N3O. The standard InChI is InChI=1S/C16H25N3O/c1-2-20-16-7-3-6-15(18-16)19-10-4-5-13(12-19)11-17-14-8-9-14/h3,6-7,13-14,17H,2,4-5,8-12H2,1H3. The maximum atomic E-state index is 5.50. The van der Waals surface area contributed by atoms with Gasteiger partial charge in [0.1, 0.15) is 5.82 Å². The van der Waals surface area contributed by atoms with Gasteiger partial charge in [-0.3, -0.25) is 0 Å². The Morgan fingerprint density at radius 2 is 2.25 bits per heavy atom. The van der Waals surface area contributed by atoms with E-state index in [9.17, 15) is 0 Å². The van der Waals surface area contributed by atoms with E-state index in [0.29, 0.717) is 6.61 Å². The van der Waals surface area contributed by atoms with E-state index in [2.05, 4.69) is 21.3 Å². The van der Waals surface area contributed by atoms with Crippen LogP contribution in [0.3, 0.4) is 0 Å². The highest BCUT2D eigenvalue weighted by molar-refractivity contribution is 5.41. The molecule has 1 unspecified atom stereocenters. The van der Waals surface area contributed by atoms with Gasteiger partial charge in [0.05, 0.1) is 6.61 Å². The van der Waals surface area contributed by atoms with Gasteiger partial charge < -0.3 is 15.0 Å². The molecule has 1 aliphatic carbocycles. The summed E-state index contributed by atoms with van der Waals surface area (Å²) < 4.78 is 5.50. The van der Waals surface area contributed by atoms with Gasteiger partial charge in [-0.25, -0.2) is 0 Å². The number of nitrogens with one attached hydrogen (secondary N) is 1. The quantitative estimate of drug-likeness (QED) is 0.865. The summed E-state index contributed by atoms with van der Waals surface area (Å²) >= 11 is 0. The smallest absolute Gasteiger partial charge is 0.215 e. The first-order valence-electron chi connectivity index (χ1n) is 7.93. The zero-order chi connectivity index (χ0) is 13.8. The molecule has 1 saturated heterocycles. The molecule has 2 heterocycles. The largest absolute Gasteiger partial charge is 0.478 e. The topological polar surface area (TPSA) is 37.4 Å². The molecule has 110 valence electrons. The minimum atomic E-state index is 0.671. The van der Waals surface area contributed by atoms with E-state index in [1.165, 1.54) is 25.7 Å². The van der Waals surface area contributed by atoms with Gasteiger partial charge in [0.25, 0.3) is 0 Å². The van der Waals surface area contributed by atoms with Gasteiger partial charge in [-0.15, -0.1) is 0 Å². The Balaban J connectivity index is 1.58. The van der Waals surface area contributed by atoms with Crippen molar-refractivity contribution in [1.82, 2.24) is 10.3 Å². The second kappa shape index (κ2) is 6.44. The van der Waals surface area contributed by atoms with Gasteiger partial charge in [-0.2, -0.15) is 4.98 Å². The van der Waals surface area contributed by atoms with Crippen molar-refractivity contribution in [3.63, 3.8) is 0 Å². The predicted octanol–water partition coefficient (Wildman–Crippen LogP) is 2.45. The fourth-order valence-electron chi connectivity index (χ4n) is 2.87. The third-order valence-corrected chi connectivity index (χ3v) is 4.12. The molecule has 1 atom stereocenters. The second-order valence-electron chi connectivity index (χ2n) is 5.90. The summed E-state index contributed by atoms with van der Waals surface area (Å²) in [6.07, 6.45) is 5.34. The summed E-state index contributed by atoms with van der Waals surface area (Å²) in [5.41, 5.74) is 0. The van der Waals surface area contributed by atoms with E-state index in [1.54, 1.807) is 0 Å². The molecule has 1 aliphatic heterocycles. The van der Waals surface area contributed by atoms with Crippen molar-refractivity contribution in [1.29, 1.82) is 0 Å². The van der Waals surface area contributed by atoms with Crippen LogP contribution in [0.1, 0.15) is 32.6 Å². The minimum absolute atomic E-state index is 0.671. The number of nitrogens with zero attached hydrogens (tertiary/aromatic N) is 2. The second-order valence-corrected chi connectivity index (χ2v) is 5.90. The molecule has 1 N–H and O–H groups in total. The van der Waals surface area contributed by atoms with Crippen LogP contribution in [0, 0.1) is 5.92 Å². The van der Waals surface area contributed by atoms with Crippen molar-refractivity contribution in [3.8, 4) is 5.88 Å². The zero-order valence-electron chi connectivity index (χ0n) is 12.3. The first-order valence-corrected chi connectivity index (χ1v) is 7.93. The summed E-state index contributed by atoms with van der Waals surface area (Å²) in [7, 11) is 0. The molecule has 0 spiro atoms. The fourth-order valence-corrected chi connectivity index (χ4v) is 2.87. The van der Waals surface area contributed by atoms with Gasteiger partial charge in [0, 0.05) is 25.2 Å². The molecule has 4 nitrogen and oxygen atoms in total. The van der Waals surface area contributed by atoms with Crippen molar-refractivity contribution in [3.05, 3.63) is 18.2 Å². The molecule has 1 aromatic heterocycles. The fraction of sp³-hybridized carbons (Fsp3) is 0.688. The third kappa shape index (κ3) is 3.63. The maximum absolute atomic E-state index is 5.50. The number of aromatic nitrogens is 1. The summed E-state index contributed by atoms with van der Waals surface area (Å²) in [4.78, 5) is 7.02. The van der Waals surface area contributed by atoms with E-state index >= 15 is 0 Å². The SMILES string of the molecule is CCOc1cccc(N2CCCC(CNC3CC3)C2)n1. The van der Waals surface area contributed by atoms with Crippen LogP contribution in [0.15, 0.2) is 18.2 Å². The molecule has 1 aromatic rings. The lowest BCUT2D eigenvalue weighted by molar-refractivity contribution is 0.326. The predicted molar refractivity (Wildman–Crippen MR) is 81.4 cm³/mol. The van der Waals surface area contributed by atoms with Crippen LogP contribution in [-0.4, -0.2) is 37.3 Å². The van der Waals surface area contributed by atoms with Crippen LogP contribution in [0.4, 0.5) is 5.82 Å². The van der Waals surface area contributed by atoms with E-state index < -0.39 is 0 Å². The van der Waals surface area contributed by atoms with Crippen molar-refractivity contribution in [2.24, 2.45) is 5.92 Å². The molecule has 2 aliphatic rings. The van der Waals surface area contributed by atoms with E-state index in [0.717, 1.165) is 43.3 Å². The first-order chi connectivity index (χ1) is 9.85. The maximum Gasteiger partial charge on any atom is 0.215 e. The Labute approximate surface area is 121 Å². The number of ether oxygens (including phenoxy) is 1. The van der Waals surface area contributed by atoms with E-state index in [-0.39, 0.29) is 0 Å². The van der Waals surface area contributed by atoms with Gasteiger partial charge in [0.15, 0.2) is 0 Å². The van der Waals surface area contributed by atoms with E-state index in [4.69, 9.17) is 4.74 Å². The summed E-state index contributed by atoms with van der Waals surface area (Å²) in [6.45, 7) is 6.05. The van der Waals surface area contributed by atoms with Crippen LogP contribution >= 0.6 is 0 Å². The minimum Gasteiger partial charge on any atom is -0.478 e. The molecule has 1 saturated carbocycles. The Morgan fingerprint density at radius 1 is 1.35 bits per heavy atom. The normalized spacial score (nSPS) is 22.9. The number of hydrogen-bond acceptors (Lipinski definition) is 4. The number of hydrogen-bond donors (Lipinski definition) is 1. The van der Waals surface area contributed by atoms with Crippen LogP contribution in [0.2, 0.25) is 0 Å². The first kappa shape index (κ1) is 13.7. The van der Waals surface area contributed by atoms with Crippen LogP contribution < -0.4 is 15.0 Å². The highest BCUT2D eigenvalue weighted by atomic mass is 16.5. The Hall–Kier alpha value is -1.29. The van der Waals surface area contributed by atoms with Crippen LogP contribution in [0.5, 0.6) is 5.88 Å². The molecule has 0 bridgehead atoms. The average Bonchev–Trinajstić information content (AvgIpc) is 3.30. The lowest BCUT2D eigenvalue weighted by atomic mass is 9.98. The Bertz CT molecular complexity index is 433. The molecule has 0 radical (unpaired) electrons. The Morgan fingerprint density at radius 3 is 3.05 bits per heavy atom. The molecular weight excluding hydrogens is 250 g/mol. The molecule has 2 fully saturated rings. The van der Waals surface area contributed by atoms with Gasteiger partial charge in [-0.1, -0.05) is 6.07 Å². The Kier molecular flexibility index (Phi) is 4.41. The van der Waals surface area contributed by atoms with Crippen molar-refractivity contribution >= 4 is 5.82 Å².